The van der Waals surface area contributed by atoms with Crippen LogP contribution in [-0.2, 0) is 9.47 Å². The van der Waals surface area contributed by atoms with Crippen LogP contribution >= 0.6 is 0 Å². The summed E-state index contributed by atoms with van der Waals surface area (Å²) in [5.74, 6) is -3.26. The van der Waals surface area contributed by atoms with Crippen LogP contribution in [0.25, 0.3) is 0 Å². The summed E-state index contributed by atoms with van der Waals surface area (Å²) >= 11 is 0. The average molecular weight is 637 g/mol. The van der Waals surface area contributed by atoms with E-state index in [-0.39, 0.29) is 28.0 Å². The first kappa shape index (κ1) is 40.5. The minimum absolute atomic E-state index is 0. The highest BCUT2D eigenvalue weighted by Crippen LogP contribution is 2.23. The van der Waals surface area contributed by atoms with Gasteiger partial charge >= 0.3 is 24.1 Å². The number of carbonyl (C=O) groups excluding carboxylic acids is 2. The number of carboxylic acids is 2. The number of benzene rings is 2. The molecule has 0 aliphatic heterocycles. The molecule has 0 spiro atoms. The number of hydrogen-bond donors (Lipinski definition) is 6. The summed E-state index contributed by atoms with van der Waals surface area (Å²) in [6, 6.07) is 7.59. The Kier molecular flexibility index (Phi) is 21.5. The van der Waals surface area contributed by atoms with Gasteiger partial charge in [-0.15, -0.1) is 0 Å². The van der Waals surface area contributed by atoms with E-state index in [9.17, 15) is 29.4 Å². The van der Waals surface area contributed by atoms with Crippen molar-refractivity contribution in [2.75, 3.05) is 23.8 Å². The molecular weight excluding hydrogens is 588 g/mol. The van der Waals surface area contributed by atoms with Gasteiger partial charge < -0.3 is 35.4 Å². The number of ether oxygens (including phenoxy) is 2. The predicted molar refractivity (Wildman–Crippen MR) is 170 cm³/mol. The van der Waals surface area contributed by atoms with Crippen molar-refractivity contribution in [3.63, 3.8) is 0 Å². The number of hydrogen-bond acceptors (Lipinski definition) is 8. The lowest BCUT2D eigenvalue weighted by atomic mass is 10.1. The van der Waals surface area contributed by atoms with E-state index in [1.54, 1.807) is 0 Å². The van der Waals surface area contributed by atoms with E-state index in [0.717, 1.165) is 38.5 Å². The van der Waals surface area contributed by atoms with Gasteiger partial charge in [0.1, 0.15) is 22.6 Å². The average Bonchev–Trinajstić information content (AvgIpc) is 2.96. The van der Waals surface area contributed by atoms with Crippen molar-refractivity contribution in [3.05, 3.63) is 47.5 Å². The summed E-state index contributed by atoms with van der Waals surface area (Å²) in [6.45, 7) is 5.01. The molecule has 2 rings (SSSR count). The molecule has 252 valence electrons. The zero-order chi connectivity index (χ0) is 32.7. The standard InChI is InChI=1S/2C16H23NO5.H2O/c2*1-2-3-4-5-6-7-10-22-16(21)17-12-8-9-13(15(19)20)14(18)11-12;/h2*8-9,11,18H,2-7,10H2,1H3,(H,17,21)(H,19,20);1H2. The Balaban J connectivity index is 0.000000842. The molecule has 0 aromatic heterocycles. The number of aromatic carboxylic acids is 2. The summed E-state index contributed by atoms with van der Waals surface area (Å²) in [7, 11) is 0. The van der Waals surface area contributed by atoms with E-state index in [0.29, 0.717) is 13.2 Å². The fraction of sp³-hybridized carbons (Fsp3) is 0.500. The third kappa shape index (κ3) is 18.0. The maximum atomic E-state index is 11.5. The monoisotopic (exact) mass is 636 g/mol. The van der Waals surface area contributed by atoms with Crippen LogP contribution in [0.1, 0.15) is 112 Å². The van der Waals surface area contributed by atoms with E-state index in [1.807, 2.05) is 0 Å². The molecule has 0 fully saturated rings. The highest BCUT2D eigenvalue weighted by Gasteiger charge is 2.12. The molecular formula is C32H48N2O11. The molecule has 0 aliphatic carbocycles. The Morgan fingerprint density at radius 1 is 0.578 bits per heavy atom. The molecule has 13 nitrogen and oxygen atoms in total. The van der Waals surface area contributed by atoms with Gasteiger partial charge in [0.05, 0.1) is 13.2 Å². The first-order valence-corrected chi connectivity index (χ1v) is 15.1. The third-order valence-corrected chi connectivity index (χ3v) is 6.41. The van der Waals surface area contributed by atoms with E-state index >= 15 is 0 Å². The molecule has 2 aromatic rings. The molecule has 8 N–H and O–H groups in total. The number of nitrogens with one attached hydrogen (secondary N) is 2. The van der Waals surface area contributed by atoms with Crippen molar-refractivity contribution in [3.8, 4) is 11.5 Å². The van der Waals surface area contributed by atoms with Crippen LogP contribution in [-0.4, -0.2) is 63.2 Å². The van der Waals surface area contributed by atoms with E-state index in [1.165, 1.54) is 74.9 Å². The fourth-order valence-electron chi connectivity index (χ4n) is 3.98. The minimum Gasteiger partial charge on any atom is -0.507 e. The van der Waals surface area contributed by atoms with Gasteiger partial charge in [-0.25, -0.2) is 19.2 Å². The summed E-state index contributed by atoms with van der Waals surface area (Å²) in [4.78, 5) is 44.6. The zero-order valence-corrected chi connectivity index (χ0v) is 26.1. The van der Waals surface area contributed by atoms with Crippen LogP contribution in [0.15, 0.2) is 36.4 Å². The van der Waals surface area contributed by atoms with Crippen molar-refractivity contribution in [1.29, 1.82) is 0 Å². The largest absolute Gasteiger partial charge is 0.507 e. The first-order valence-electron chi connectivity index (χ1n) is 15.1. The smallest absolute Gasteiger partial charge is 0.411 e. The Labute approximate surface area is 263 Å². The Morgan fingerprint density at radius 2 is 0.911 bits per heavy atom. The topological polar surface area (TPSA) is 223 Å². The number of amides is 2. The van der Waals surface area contributed by atoms with Crippen molar-refractivity contribution >= 4 is 35.5 Å². The molecule has 0 aliphatic rings. The second kappa shape index (κ2) is 23.9. The Morgan fingerprint density at radius 3 is 1.22 bits per heavy atom. The van der Waals surface area contributed by atoms with Gasteiger partial charge in [0.25, 0.3) is 0 Å². The minimum atomic E-state index is -1.23. The summed E-state index contributed by atoms with van der Waals surface area (Å²) in [6.07, 6.45) is 12.0. The number of phenols is 2. The van der Waals surface area contributed by atoms with Gasteiger partial charge in [-0.2, -0.15) is 0 Å². The molecule has 0 heterocycles. The van der Waals surface area contributed by atoms with Crippen LogP contribution in [0.5, 0.6) is 11.5 Å². The SMILES string of the molecule is CCCCCCCCOC(=O)Nc1ccc(C(=O)O)c(O)c1.CCCCCCCCOC(=O)Nc1ccc(C(=O)O)c(O)c1.O. The van der Waals surface area contributed by atoms with Crippen molar-refractivity contribution in [2.45, 2.75) is 90.9 Å². The summed E-state index contributed by atoms with van der Waals surface area (Å²) in [5.41, 5.74) is 0.142. The second-order valence-corrected chi connectivity index (χ2v) is 10.1. The molecule has 2 amide bonds. The quantitative estimate of drug-likeness (QED) is 0.0904. The Bertz CT molecular complexity index is 1100. The molecule has 2 aromatic carbocycles. The normalized spacial score (nSPS) is 10.0. The van der Waals surface area contributed by atoms with Crippen molar-refractivity contribution in [1.82, 2.24) is 0 Å². The van der Waals surface area contributed by atoms with Crippen molar-refractivity contribution in [2.24, 2.45) is 0 Å². The molecule has 0 saturated heterocycles. The van der Waals surface area contributed by atoms with Gasteiger partial charge in [-0.3, -0.25) is 10.6 Å². The van der Waals surface area contributed by atoms with Gasteiger partial charge in [0, 0.05) is 23.5 Å². The molecule has 0 radical (unpaired) electrons. The number of anilines is 2. The number of rotatable bonds is 18. The predicted octanol–water partition coefficient (Wildman–Crippen LogP) is 7.17. The number of carbonyl (C=O) groups is 4. The lowest BCUT2D eigenvalue weighted by Gasteiger charge is -2.08. The van der Waals surface area contributed by atoms with Crippen molar-refractivity contribution < 1.29 is 54.6 Å². The van der Waals surface area contributed by atoms with E-state index < -0.39 is 35.6 Å². The van der Waals surface area contributed by atoms with E-state index in [2.05, 4.69) is 24.5 Å². The van der Waals surface area contributed by atoms with Gasteiger partial charge in [0.2, 0.25) is 0 Å². The maximum absolute atomic E-state index is 11.5. The van der Waals surface area contributed by atoms with Crippen LogP contribution in [0.2, 0.25) is 0 Å². The Hall–Kier alpha value is -4.52. The lowest BCUT2D eigenvalue weighted by Crippen LogP contribution is -2.14. The number of carboxylic acid groups (broad SMARTS) is 2. The third-order valence-electron chi connectivity index (χ3n) is 6.41. The lowest BCUT2D eigenvalue weighted by molar-refractivity contribution is 0.0682. The van der Waals surface area contributed by atoms with Gasteiger partial charge in [0.15, 0.2) is 0 Å². The first-order chi connectivity index (χ1) is 21.1. The molecule has 0 atom stereocenters. The number of aromatic hydroxyl groups is 2. The molecule has 0 unspecified atom stereocenters. The van der Waals surface area contributed by atoms with Crippen LogP contribution in [0.4, 0.5) is 21.0 Å². The van der Waals surface area contributed by atoms with Gasteiger partial charge in [-0.05, 0) is 37.1 Å². The molecule has 0 bridgehead atoms. The summed E-state index contributed by atoms with van der Waals surface area (Å²) in [5, 5.41) is 41.5. The molecule has 13 heteroatoms. The van der Waals surface area contributed by atoms with Crippen LogP contribution in [0, 0.1) is 0 Å². The highest BCUT2D eigenvalue weighted by molar-refractivity contribution is 5.93. The molecule has 0 saturated carbocycles. The number of unbranched alkanes of at least 4 members (excludes halogenated alkanes) is 10. The van der Waals surface area contributed by atoms with Crippen LogP contribution in [0.3, 0.4) is 0 Å². The fourth-order valence-corrected chi connectivity index (χ4v) is 3.98. The maximum Gasteiger partial charge on any atom is 0.411 e. The highest BCUT2D eigenvalue weighted by atomic mass is 16.6. The zero-order valence-electron chi connectivity index (χ0n) is 26.1. The second-order valence-electron chi connectivity index (χ2n) is 10.1. The van der Waals surface area contributed by atoms with E-state index in [4.69, 9.17) is 19.7 Å². The molecule has 45 heavy (non-hydrogen) atoms. The van der Waals surface area contributed by atoms with Gasteiger partial charge in [-0.1, -0.05) is 78.1 Å². The van der Waals surface area contributed by atoms with Crippen LogP contribution < -0.4 is 10.6 Å². The summed E-state index contributed by atoms with van der Waals surface area (Å²) < 4.78 is 10.0.